The number of pyridine rings is 1. The number of hydrogen-bond donors (Lipinski definition) is 2. The number of carbonyl (C=O) groups is 2. The van der Waals surface area contributed by atoms with Gasteiger partial charge < -0.3 is 15.4 Å². The zero-order valence-electron chi connectivity index (χ0n) is 21.0. The number of halogens is 1. The highest BCUT2D eigenvalue weighted by molar-refractivity contribution is 6.09. The number of benzene rings is 2. The molecule has 7 heteroatoms. The zero-order chi connectivity index (χ0) is 26.1. The summed E-state index contributed by atoms with van der Waals surface area (Å²) >= 11 is 0. The minimum Gasteiger partial charge on any atom is -0.497 e. The van der Waals surface area contributed by atoms with Crippen LogP contribution in [-0.2, 0) is 9.59 Å². The summed E-state index contributed by atoms with van der Waals surface area (Å²) in [5.41, 5.74) is 4.95. The number of carbonyl (C=O) groups excluding carboxylic acids is 2. The van der Waals surface area contributed by atoms with Gasteiger partial charge in [0, 0.05) is 40.6 Å². The van der Waals surface area contributed by atoms with Crippen LogP contribution in [0.15, 0.2) is 89.3 Å². The Morgan fingerprint density at radius 1 is 1.00 bits per heavy atom. The molecule has 0 radical (unpaired) electrons. The highest BCUT2D eigenvalue weighted by Gasteiger charge is 2.41. The van der Waals surface area contributed by atoms with Crippen LogP contribution in [0.2, 0.25) is 0 Å². The summed E-state index contributed by atoms with van der Waals surface area (Å²) < 4.78 is 19.1. The van der Waals surface area contributed by atoms with E-state index >= 15 is 0 Å². The fraction of sp³-hybridized carbons (Fsp3) is 0.233. The fourth-order valence-corrected chi connectivity index (χ4v) is 5.24. The molecule has 37 heavy (non-hydrogen) atoms. The van der Waals surface area contributed by atoms with Crippen LogP contribution in [0.5, 0.6) is 5.75 Å². The van der Waals surface area contributed by atoms with E-state index in [0.29, 0.717) is 41.1 Å². The average molecular weight is 498 g/mol. The number of aryl methyl sites for hydroxylation is 1. The minimum absolute atomic E-state index is 0.00167. The van der Waals surface area contributed by atoms with E-state index in [-0.39, 0.29) is 23.4 Å². The predicted molar refractivity (Wildman–Crippen MR) is 140 cm³/mol. The second kappa shape index (κ2) is 10.0. The molecule has 1 aliphatic carbocycles. The molecule has 1 aliphatic heterocycles. The molecule has 2 atom stereocenters. The number of nitrogens with one attached hydrogen (secondary N) is 2. The number of amides is 1. The monoisotopic (exact) mass is 497 g/mol. The lowest BCUT2D eigenvalue weighted by Gasteiger charge is -2.37. The van der Waals surface area contributed by atoms with E-state index < -0.39 is 5.92 Å². The van der Waals surface area contributed by atoms with E-state index in [1.54, 1.807) is 25.3 Å². The van der Waals surface area contributed by atoms with Crippen molar-refractivity contribution in [3.8, 4) is 5.75 Å². The van der Waals surface area contributed by atoms with Crippen LogP contribution < -0.4 is 15.4 Å². The molecule has 1 aromatic heterocycles. The molecule has 2 heterocycles. The first-order valence-electron chi connectivity index (χ1n) is 12.2. The van der Waals surface area contributed by atoms with Gasteiger partial charge in [-0.1, -0.05) is 30.3 Å². The van der Waals surface area contributed by atoms with Crippen molar-refractivity contribution in [1.29, 1.82) is 0 Å². The SMILES string of the molecule is COc1ccc([C@H]2CC(=O)C3=C(C2)NC(C)=C(C(=O)Nc2cccc(C)n2)[C@@H]3c2ccc(F)cc2)cc1. The quantitative estimate of drug-likeness (QED) is 0.484. The summed E-state index contributed by atoms with van der Waals surface area (Å²) in [7, 11) is 1.62. The van der Waals surface area contributed by atoms with Gasteiger partial charge in [0.1, 0.15) is 17.4 Å². The Bertz CT molecular complexity index is 1430. The molecule has 1 amide bonds. The van der Waals surface area contributed by atoms with Crippen molar-refractivity contribution in [3.05, 3.63) is 112 Å². The first-order chi connectivity index (χ1) is 17.8. The zero-order valence-corrected chi connectivity index (χ0v) is 21.0. The number of methoxy groups -OCH3 is 1. The van der Waals surface area contributed by atoms with Gasteiger partial charge in [-0.3, -0.25) is 9.59 Å². The normalized spacial score (nSPS) is 19.3. The number of allylic oxidation sites excluding steroid dienone is 3. The van der Waals surface area contributed by atoms with Gasteiger partial charge in [0.2, 0.25) is 0 Å². The molecule has 0 saturated carbocycles. The van der Waals surface area contributed by atoms with Crippen LogP contribution in [0, 0.1) is 12.7 Å². The second-order valence-corrected chi connectivity index (χ2v) is 9.46. The highest BCUT2D eigenvalue weighted by Crippen LogP contribution is 2.45. The topological polar surface area (TPSA) is 80.3 Å². The number of dihydropyridines is 1. The van der Waals surface area contributed by atoms with Gasteiger partial charge in [-0.15, -0.1) is 0 Å². The maximum absolute atomic E-state index is 13.8. The molecule has 2 aliphatic rings. The summed E-state index contributed by atoms with van der Waals surface area (Å²) in [6.07, 6.45) is 0.939. The summed E-state index contributed by atoms with van der Waals surface area (Å²) in [5, 5.41) is 6.25. The Balaban J connectivity index is 1.53. The van der Waals surface area contributed by atoms with Gasteiger partial charge in [0.25, 0.3) is 5.91 Å². The number of ketones is 1. The Morgan fingerprint density at radius 2 is 1.70 bits per heavy atom. The average Bonchev–Trinajstić information content (AvgIpc) is 2.88. The van der Waals surface area contributed by atoms with E-state index in [0.717, 1.165) is 22.7 Å². The van der Waals surface area contributed by atoms with Crippen molar-refractivity contribution < 1.29 is 18.7 Å². The van der Waals surface area contributed by atoms with Crippen molar-refractivity contribution in [2.75, 3.05) is 12.4 Å². The molecule has 0 fully saturated rings. The van der Waals surface area contributed by atoms with Gasteiger partial charge >= 0.3 is 0 Å². The van der Waals surface area contributed by atoms with E-state index in [1.165, 1.54) is 12.1 Å². The first kappa shape index (κ1) is 24.4. The third kappa shape index (κ3) is 4.89. The first-order valence-corrected chi connectivity index (χ1v) is 12.2. The fourth-order valence-electron chi connectivity index (χ4n) is 5.24. The molecule has 0 saturated heterocycles. The largest absolute Gasteiger partial charge is 0.497 e. The maximum atomic E-state index is 13.8. The predicted octanol–water partition coefficient (Wildman–Crippen LogP) is 5.54. The number of aromatic nitrogens is 1. The second-order valence-electron chi connectivity index (χ2n) is 9.46. The van der Waals surface area contributed by atoms with Crippen LogP contribution in [-0.4, -0.2) is 23.8 Å². The van der Waals surface area contributed by atoms with Crippen molar-refractivity contribution >= 4 is 17.5 Å². The lowest BCUT2D eigenvalue weighted by Crippen LogP contribution is -2.37. The number of nitrogens with zero attached hydrogens (tertiary/aromatic N) is 1. The highest BCUT2D eigenvalue weighted by atomic mass is 19.1. The van der Waals surface area contributed by atoms with Crippen molar-refractivity contribution in [2.24, 2.45) is 0 Å². The van der Waals surface area contributed by atoms with E-state index in [1.807, 2.05) is 50.2 Å². The van der Waals surface area contributed by atoms with E-state index in [4.69, 9.17) is 4.74 Å². The summed E-state index contributed by atoms with van der Waals surface area (Å²) in [6.45, 7) is 3.68. The van der Waals surface area contributed by atoms with E-state index in [9.17, 15) is 14.0 Å². The minimum atomic E-state index is -0.619. The standard InChI is InChI=1S/C30H28FN3O3/c1-17-5-4-6-26(32-17)34-30(36)27-18(2)33-24-15-21(19-9-13-23(37-3)14-10-19)16-25(35)29(24)28(27)20-7-11-22(31)12-8-20/h4-14,21,28,33H,15-16H2,1-3H3,(H,32,34,36)/t21-,28+/m1/s1. The van der Waals surface area contributed by atoms with Gasteiger partial charge in [-0.2, -0.15) is 0 Å². The molecule has 0 spiro atoms. The van der Waals surface area contributed by atoms with Gasteiger partial charge in [0.15, 0.2) is 5.78 Å². The number of Topliss-reactive ketones (excluding diaryl/α,β-unsaturated/α-hetero) is 1. The van der Waals surface area contributed by atoms with Crippen molar-refractivity contribution in [1.82, 2.24) is 10.3 Å². The third-order valence-corrected chi connectivity index (χ3v) is 6.99. The van der Waals surface area contributed by atoms with Gasteiger partial charge in [-0.25, -0.2) is 9.37 Å². The lowest BCUT2D eigenvalue weighted by atomic mass is 9.71. The smallest absolute Gasteiger partial charge is 0.255 e. The molecule has 3 aromatic rings. The van der Waals surface area contributed by atoms with Crippen LogP contribution in [0.25, 0.3) is 0 Å². The Morgan fingerprint density at radius 3 is 2.38 bits per heavy atom. The third-order valence-electron chi connectivity index (χ3n) is 6.99. The summed E-state index contributed by atoms with van der Waals surface area (Å²) in [6, 6.07) is 19.2. The number of anilines is 1. The molecule has 188 valence electrons. The molecule has 6 nitrogen and oxygen atoms in total. The maximum Gasteiger partial charge on any atom is 0.255 e. The number of ether oxygens (including phenoxy) is 1. The summed E-state index contributed by atoms with van der Waals surface area (Å²) in [5.74, 6) is -0.196. The van der Waals surface area contributed by atoms with Crippen molar-refractivity contribution in [3.63, 3.8) is 0 Å². The molecule has 0 unspecified atom stereocenters. The van der Waals surface area contributed by atoms with Crippen LogP contribution in [0.3, 0.4) is 0 Å². The van der Waals surface area contributed by atoms with Crippen LogP contribution in [0.1, 0.15) is 48.4 Å². The number of rotatable bonds is 5. The molecule has 5 rings (SSSR count). The number of hydrogen-bond acceptors (Lipinski definition) is 5. The molecular formula is C30H28FN3O3. The summed E-state index contributed by atoms with van der Waals surface area (Å²) in [4.78, 5) is 31.7. The molecule has 2 aromatic carbocycles. The Labute approximate surface area is 215 Å². The van der Waals surface area contributed by atoms with Crippen molar-refractivity contribution in [2.45, 2.75) is 38.5 Å². The molecule has 0 bridgehead atoms. The Hall–Kier alpha value is -4.26. The van der Waals surface area contributed by atoms with E-state index in [2.05, 4.69) is 15.6 Å². The van der Waals surface area contributed by atoms with Gasteiger partial charge in [0.05, 0.1) is 7.11 Å². The molecule has 2 N–H and O–H groups in total. The van der Waals surface area contributed by atoms with Crippen LogP contribution in [0.4, 0.5) is 10.2 Å². The lowest BCUT2D eigenvalue weighted by molar-refractivity contribution is -0.116. The van der Waals surface area contributed by atoms with Crippen LogP contribution >= 0.6 is 0 Å². The Kier molecular flexibility index (Phi) is 6.61. The molecular weight excluding hydrogens is 469 g/mol. The van der Waals surface area contributed by atoms with Gasteiger partial charge in [-0.05, 0) is 73.7 Å².